The molecule has 0 aliphatic carbocycles. The molecule has 15 nitrogen and oxygen atoms in total. The largest absolute Gasteiger partial charge is 0.378 e. The number of carbonyl (C=O) groups excluding carboxylic acids is 5. The zero-order valence-electron chi connectivity index (χ0n) is 38.6. The second-order valence-electron chi connectivity index (χ2n) is 19.4. The second-order valence-corrected chi connectivity index (χ2v) is 19.4. The second kappa shape index (κ2) is 28.7. The van der Waals surface area contributed by atoms with Crippen molar-refractivity contribution < 1.29 is 38.2 Å². The van der Waals surface area contributed by atoms with E-state index in [9.17, 15) is 24.0 Å². The number of rotatable bonds is 32. The van der Waals surface area contributed by atoms with Gasteiger partial charge in [0.1, 0.15) is 11.3 Å². The van der Waals surface area contributed by atoms with Gasteiger partial charge in [-0.15, -0.1) is 0 Å². The van der Waals surface area contributed by atoms with Crippen molar-refractivity contribution in [2.24, 2.45) is 5.41 Å². The van der Waals surface area contributed by atoms with Crippen LogP contribution in [0.25, 0.3) is 0 Å². The van der Waals surface area contributed by atoms with Gasteiger partial charge < -0.3 is 51.4 Å². The minimum atomic E-state index is -1.20. The van der Waals surface area contributed by atoms with Crippen molar-refractivity contribution in [1.82, 2.24) is 37.2 Å². The van der Waals surface area contributed by atoms with E-state index in [-0.39, 0.29) is 118 Å². The van der Waals surface area contributed by atoms with E-state index in [0.29, 0.717) is 26.1 Å². The van der Waals surface area contributed by atoms with Crippen LogP contribution in [0.4, 0.5) is 0 Å². The van der Waals surface area contributed by atoms with E-state index in [4.69, 9.17) is 14.2 Å². The first-order chi connectivity index (χ1) is 26.8. The van der Waals surface area contributed by atoms with Crippen LogP contribution in [0.5, 0.6) is 0 Å². The Morgan fingerprint density at radius 2 is 0.724 bits per heavy atom. The number of hydrogen-bond acceptors (Lipinski definition) is 11. The number of hydrogen-bond donors (Lipinski definition) is 7. The average molecular weight is 828 g/mol. The molecule has 0 rings (SSSR count). The molecule has 0 aliphatic heterocycles. The molecule has 0 heterocycles. The molecule has 0 unspecified atom stereocenters. The van der Waals surface area contributed by atoms with Crippen molar-refractivity contribution in [3.05, 3.63) is 0 Å². The molecule has 0 aromatic rings. The third kappa shape index (κ3) is 34.2. The van der Waals surface area contributed by atoms with Crippen molar-refractivity contribution >= 4 is 29.4 Å². The van der Waals surface area contributed by atoms with Gasteiger partial charge in [0.05, 0.1) is 39.6 Å². The number of carbonyl (C=O) groups is 5. The third-order valence-corrected chi connectivity index (χ3v) is 8.60. The summed E-state index contributed by atoms with van der Waals surface area (Å²) in [5.74, 6) is -0.703. The van der Waals surface area contributed by atoms with Crippen LogP contribution < -0.4 is 37.2 Å². The summed E-state index contributed by atoms with van der Waals surface area (Å²) in [6, 6.07) is 0. The van der Waals surface area contributed by atoms with E-state index >= 15 is 0 Å². The molecule has 0 spiro atoms. The molecule has 0 aromatic carbocycles. The van der Waals surface area contributed by atoms with Crippen LogP contribution in [0, 0.1) is 5.41 Å². The van der Waals surface area contributed by atoms with Gasteiger partial charge in [-0.05, 0) is 108 Å². The van der Waals surface area contributed by atoms with E-state index in [1.165, 1.54) is 0 Å². The maximum Gasteiger partial charge on any atom is 0.222 e. The molecule has 0 radical (unpaired) electrons. The minimum absolute atomic E-state index is 0.00317. The number of ketones is 1. The van der Waals surface area contributed by atoms with Gasteiger partial charge in [0.25, 0.3) is 0 Å². The van der Waals surface area contributed by atoms with Crippen molar-refractivity contribution in [3.63, 3.8) is 0 Å². The van der Waals surface area contributed by atoms with Gasteiger partial charge in [-0.1, -0.05) is 20.8 Å². The Bertz CT molecular complexity index is 1080. The molecule has 0 saturated heterocycles. The van der Waals surface area contributed by atoms with Crippen LogP contribution in [-0.2, 0) is 38.2 Å². The van der Waals surface area contributed by atoms with Crippen molar-refractivity contribution in [3.8, 4) is 0 Å². The number of ether oxygens (including phenoxy) is 3. The number of Topliss-reactive ketones (excluding diaryl/α,β-unsaturated/α-hetero) is 1. The lowest BCUT2D eigenvalue weighted by Crippen LogP contribution is -2.58. The molecule has 58 heavy (non-hydrogen) atoms. The lowest BCUT2D eigenvalue weighted by atomic mass is 9.88. The van der Waals surface area contributed by atoms with Crippen LogP contribution in [0.1, 0.15) is 141 Å². The predicted octanol–water partition coefficient (Wildman–Crippen LogP) is 3.53. The molecule has 0 saturated carbocycles. The summed E-state index contributed by atoms with van der Waals surface area (Å²) in [7, 11) is 0. The van der Waals surface area contributed by atoms with Gasteiger partial charge in [-0.3, -0.25) is 24.0 Å². The molecule has 0 fully saturated rings. The Hall–Kier alpha value is -2.69. The molecule has 4 amide bonds. The lowest BCUT2D eigenvalue weighted by molar-refractivity contribution is -0.131. The average Bonchev–Trinajstić information content (AvgIpc) is 3.08. The maximum absolute atomic E-state index is 13.4. The number of nitrogens with one attached hydrogen (secondary N) is 7. The topological polar surface area (TPSA) is 197 Å². The summed E-state index contributed by atoms with van der Waals surface area (Å²) < 4.78 is 18.0. The fourth-order valence-corrected chi connectivity index (χ4v) is 5.28. The standard InChI is InChI=1S/C43H85N7O8/c1-39(2,3)34(51)17-13-18-38(55)50-43(31-56-28-19-35(52)44-22-14-25-47-40(4,5)6,32-57-29-20-36(53)45-23-15-26-48-41(7,8)9)33-58-30-21-37(54)46-24-16-27-49-42(10,11)12/h47-49H,13-33H2,1-12H3,(H,44,52)(H,45,53)(H,46,54)(H,50,55). The van der Waals surface area contributed by atoms with Crippen LogP contribution in [-0.4, -0.2) is 130 Å². The lowest BCUT2D eigenvalue weighted by Gasteiger charge is -2.34. The molecule has 0 aromatic heterocycles. The third-order valence-electron chi connectivity index (χ3n) is 8.60. The van der Waals surface area contributed by atoms with Crippen molar-refractivity contribution in [1.29, 1.82) is 0 Å². The summed E-state index contributed by atoms with van der Waals surface area (Å²) in [6.45, 7) is 28.4. The van der Waals surface area contributed by atoms with Gasteiger partial charge in [0.2, 0.25) is 23.6 Å². The highest BCUT2D eigenvalue weighted by Gasteiger charge is 2.34. The number of amides is 4. The summed E-state index contributed by atoms with van der Waals surface area (Å²) in [6.07, 6.45) is 3.42. The van der Waals surface area contributed by atoms with Gasteiger partial charge in [0, 0.05) is 73.8 Å². The Labute approximate surface area is 351 Å². The van der Waals surface area contributed by atoms with E-state index < -0.39 is 11.0 Å². The Balaban J connectivity index is 5.59. The van der Waals surface area contributed by atoms with Crippen LogP contribution >= 0.6 is 0 Å². The smallest absolute Gasteiger partial charge is 0.222 e. The van der Waals surface area contributed by atoms with Crippen molar-refractivity contribution in [2.45, 2.75) is 163 Å². The Morgan fingerprint density at radius 1 is 0.397 bits per heavy atom. The first-order valence-corrected chi connectivity index (χ1v) is 21.5. The van der Waals surface area contributed by atoms with Crippen LogP contribution in [0.3, 0.4) is 0 Å². The van der Waals surface area contributed by atoms with Crippen LogP contribution in [0.15, 0.2) is 0 Å². The van der Waals surface area contributed by atoms with E-state index in [2.05, 4.69) is 99.5 Å². The van der Waals surface area contributed by atoms with E-state index in [1.54, 1.807) is 0 Å². The fraction of sp³-hybridized carbons (Fsp3) is 0.884. The zero-order valence-corrected chi connectivity index (χ0v) is 38.6. The van der Waals surface area contributed by atoms with Crippen molar-refractivity contribution in [2.75, 3.05) is 78.9 Å². The highest BCUT2D eigenvalue weighted by atomic mass is 16.5. The summed E-state index contributed by atoms with van der Waals surface area (Å²) in [5.41, 5.74) is -1.70. The SMILES string of the molecule is CC(C)(C)NCCCNC(=O)CCOCC(COCCC(=O)NCCCNC(C)(C)C)(COCCC(=O)NCCCNC(C)(C)C)NC(=O)CCCC(=O)C(C)(C)C. The summed E-state index contributed by atoms with van der Waals surface area (Å²) in [4.78, 5) is 63.7. The molecule has 7 N–H and O–H groups in total. The monoisotopic (exact) mass is 828 g/mol. The van der Waals surface area contributed by atoms with Gasteiger partial charge in [0.15, 0.2) is 0 Å². The van der Waals surface area contributed by atoms with E-state index in [0.717, 1.165) is 38.9 Å². The quantitative estimate of drug-likeness (QED) is 0.0491. The van der Waals surface area contributed by atoms with E-state index in [1.807, 2.05) is 20.8 Å². The highest BCUT2D eigenvalue weighted by molar-refractivity contribution is 5.84. The minimum Gasteiger partial charge on any atom is -0.378 e. The molecular weight excluding hydrogens is 743 g/mol. The zero-order chi connectivity index (χ0) is 44.3. The first-order valence-electron chi connectivity index (χ1n) is 21.5. The normalized spacial score (nSPS) is 12.6. The molecular formula is C43H85N7O8. The molecule has 0 bridgehead atoms. The fourth-order valence-electron chi connectivity index (χ4n) is 5.28. The predicted molar refractivity (Wildman–Crippen MR) is 232 cm³/mol. The van der Waals surface area contributed by atoms with Gasteiger partial charge in [-0.2, -0.15) is 0 Å². The highest BCUT2D eigenvalue weighted by Crippen LogP contribution is 2.19. The summed E-state index contributed by atoms with van der Waals surface area (Å²) in [5, 5.41) is 22.0. The molecule has 0 aliphatic rings. The molecule has 340 valence electrons. The van der Waals surface area contributed by atoms with Gasteiger partial charge in [-0.25, -0.2) is 0 Å². The van der Waals surface area contributed by atoms with Gasteiger partial charge >= 0.3 is 0 Å². The first kappa shape index (κ1) is 55.3. The summed E-state index contributed by atoms with van der Waals surface area (Å²) >= 11 is 0. The Morgan fingerprint density at radius 3 is 1.02 bits per heavy atom. The molecule has 15 heteroatoms. The van der Waals surface area contributed by atoms with Crippen LogP contribution in [0.2, 0.25) is 0 Å². The maximum atomic E-state index is 13.4. The Kier molecular flexibility index (Phi) is 27.4. The molecule has 0 atom stereocenters.